The van der Waals surface area contributed by atoms with Crippen LogP contribution in [0.25, 0.3) is 0 Å². The zero-order chi connectivity index (χ0) is 15.7. The summed E-state index contributed by atoms with van der Waals surface area (Å²) in [4.78, 5) is 2.22. The van der Waals surface area contributed by atoms with Gasteiger partial charge in [0.1, 0.15) is 0 Å². The van der Waals surface area contributed by atoms with Crippen LogP contribution in [0.2, 0.25) is 0 Å². The highest BCUT2D eigenvalue weighted by Crippen LogP contribution is 2.18. The molecule has 0 aliphatic heterocycles. The Kier molecular flexibility index (Phi) is 7.53. The van der Waals surface area contributed by atoms with Gasteiger partial charge in [0.25, 0.3) is 0 Å². The van der Waals surface area contributed by atoms with Gasteiger partial charge in [0.2, 0.25) is 10.0 Å². The number of nitrogens with zero attached hydrogens (tertiary/aromatic N) is 1. The third-order valence-corrected chi connectivity index (χ3v) is 4.73. The van der Waals surface area contributed by atoms with Gasteiger partial charge in [-0.1, -0.05) is 0 Å². The molecule has 0 amide bonds. The monoisotopic (exact) mass is 313 g/mol. The molecule has 0 saturated heterocycles. The van der Waals surface area contributed by atoms with E-state index in [-0.39, 0.29) is 5.75 Å². The minimum Gasteiger partial charge on any atom is -0.372 e. The van der Waals surface area contributed by atoms with Gasteiger partial charge in [-0.3, -0.25) is 4.72 Å². The van der Waals surface area contributed by atoms with Gasteiger partial charge in [0, 0.05) is 24.5 Å². The van der Waals surface area contributed by atoms with Crippen molar-refractivity contribution in [3.05, 3.63) is 24.3 Å². The second-order valence-corrected chi connectivity index (χ2v) is 6.79. The van der Waals surface area contributed by atoms with Crippen LogP contribution in [0, 0.1) is 0 Å². The predicted octanol–water partition coefficient (Wildman–Crippen LogP) is 2.27. The van der Waals surface area contributed by atoms with E-state index in [1.165, 1.54) is 0 Å². The normalized spacial score (nSPS) is 11.4. The van der Waals surface area contributed by atoms with Crippen molar-refractivity contribution >= 4 is 21.4 Å². The summed E-state index contributed by atoms with van der Waals surface area (Å²) in [6.45, 7) is 6.92. The molecule has 0 fully saturated rings. The average molecular weight is 313 g/mol. The van der Waals surface area contributed by atoms with Crippen molar-refractivity contribution in [2.45, 2.75) is 26.7 Å². The largest absolute Gasteiger partial charge is 0.372 e. The summed E-state index contributed by atoms with van der Waals surface area (Å²) in [5, 5.41) is 3.01. The molecule has 0 aromatic heterocycles. The molecule has 5 nitrogen and oxygen atoms in total. The molecule has 0 radical (unpaired) electrons. The Morgan fingerprint density at radius 2 is 1.67 bits per heavy atom. The SMILES string of the molecule is CCN(CC)c1ccc(NS(=O)(=O)CCCCNC)cc1. The first kappa shape index (κ1) is 17.8. The van der Waals surface area contributed by atoms with E-state index in [2.05, 4.69) is 28.8 Å². The molecule has 1 aromatic carbocycles. The third-order valence-electron chi connectivity index (χ3n) is 3.36. The standard InChI is InChI=1S/C15H27N3O2S/c1-4-18(5-2)15-10-8-14(9-11-15)17-21(19,20)13-7-6-12-16-3/h8-11,16-17H,4-7,12-13H2,1-3H3. The van der Waals surface area contributed by atoms with E-state index in [1.54, 1.807) is 0 Å². The Balaban J connectivity index is 2.58. The number of unbranched alkanes of at least 4 members (excludes halogenated alkanes) is 1. The Morgan fingerprint density at radius 1 is 1.05 bits per heavy atom. The van der Waals surface area contributed by atoms with Crippen LogP contribution in [0.4, 0.5) is 11.4 Å². The molecule has 0 aliphatic carbocycles. The van der Waals surface area contributed by atoms with Gasteiger partial charge >= 0.3 is 0 Å². The molecule has 0 heterocycles. The molecule has 0 unspecified atom stereocenters. The number of hydrogen-bond donors (Lipinski definition) is 2. The summed E-state index contributed by atoms with van der Waals surface area (Å²) in [5.74, 6) is 0.159. The lowest BCUT2D eigenvalue weighted by atomic mass is 10.2. The van der Waals surface area contributed by atoms with Gasteiger partial charge in [-0.25, -0.2) is 8.42 Å². The number of nitrogens with one attached hydrogen (secondary N) is 2. The minimum atomic E-state index is -3.25. The molecule has 21 heavy (non-hydrogen) atoms. The van der Waals surface area contributed by atoms with Gasteiger partial charge in [-0.2, -0.15) is 0 Å². The number of benzene rings is 1. The maximum atomic E-state index is 12.0. The summed E-state index contributed by atoms with van der Waals surface area (Å²) in [7, 11) is -1.39. The van der Waals surface area contributed by atoms with Crippen molar-refractivity contribution < 1.29 is 8.42 Å². The number of anilines is 2. The molecule has 1 aromatic rings. The van der Waals surface area contributed by atoms with Crippen LogP contribution in [-0.2, 0) is 10.0 Å². The average Bonchev–Trinajstić information content (AvgIpc) is 2.46. The quantitative estimate of drug-likeness (QED) is 0.651. The Labute approximate surface area is 128 Å². The lowest BCUT2D eigenvalue weighted by Gasteiger charge is -2.21. The molecule has 0 saturated carbocycles. The van der Waals surface area contributed by atoms with E-state index in [9.17, 15) is 8.42 Å². The summed E-state index contributed by atoms with van der Waals surface area (Å²) in [5.41, 5.74) is 1.73. The zero-order valence-corrected chi connectivity index (χ0v) is 14.0. The predicted molar refractivity (Wildman–Crippen MR) is 90.6 cm³/mol. The smallest absolute Gasteiger partial charge is 0.232 e. The highest BCUT2D eigenvalue weighted by Gasteiger charge is 2.10. The van der Waals surface area contributed by atoms with E-state index >= 15 is 0 Å². The third kappa shape index (κ3) is 6.35. The van der Waals surface area contributed by atoms with Crippen molar-refractivity contribution in [3.8, 4) is 0 Å². The molecule has 2 N–H and O–H groups in total. The fraction of sp³-hybridized carbons (Fsp3) is 0.600. The molecule has 0 atom stereocenters. The van der Waals surface area contributed by atoms with E-state index in [0.717, 1.165) is 31.7 Å². The van der Waals surface area contributed by atoms with Gasteiger partial charge < -0.3 is 10.2 Å². The van der Waals surface area contributed by atoms with Crippen molar-refractivity contribution in [1.82, 2.24) is 5.32 Å². The highest BCUT2D eigenvalue weighted by molar-refractivity contribution is 7.92. The van der Waals surface area contributed by atoms with Crippen LogP contribution in [0.1, 0.15) is 26.7 Å². The van der Waals surface area contributed by atoms with Crippen LogP contribution >= 0.6 is 0 Å². The number of sulfonamides is 1. The van der Waals surface area contributed by atoms with Crippen LogP contribution < -0.4 is 14.9 Å². The Morgan fingerprint density at radius 3 is 2.19 bits per heavy atom. The van der Waals surface area contributed by atoms with Crippen molar-refractivity contribution in [2.24, 2.45) is 0 Å². The van der Waals surface area contributed by atoms with Crippen LogP contribution in [0.15, 0.2) is 24.3 Å². The molecule has 0 spiro atoms. The lowest BCUT2D eigenvalue weighted by Crippen LogP contribution is -2.22. The Bertz CT molecular complexity index is 496. The molecular weight excluding hydrogens is 286 g/mol. The van der Waals surface area contributed by atoms with E-state index < -0.39 is 10.0 Å². The van der Waals surface area contributed by atoms with Crippen molar-refractivity contribution in [3.63, 3.8) is 0 Å². The molecule has 0 aliphatic rings. The molecule has 6 heteroatoms. The first-order chi connectivity index (χ1) is 10.0. The maximum absolute atomic E-state index is 12.0. The van der Waals surface area contributed by atoms with Crippen LogP contribution in [-0.4, -0.2) is 40.9 Å². The van der Waals surface area contributed by atoms with Gasteiger partial charge in [0.05, 0.1) is 5.75 Å². The molecular formula is C15H27N3O2S. The lowest BCUT2D eigenvalue weighted by molar-refractivity contribution is 0.595. The van der Waals surface area contributed by atoms with E-state index in [1.807, 2.05) is 31.3 Å². The summed E-state index contributed by atoms with van der Waals surface area (Å²) >= 11 is 0. The Hall–Kier alpha value is -1.27. The second-order valence-electron chi connectivity index (χ2n) is 4.95. The first-order valence-corrected chi connectivity index (χ1v) is 9.17. The highest BCUT2D eigenvalue weighted by atomic mass is 32.2. The summed E-state index contributed by atoms with van der Waals surface area (Å²) < 4.78 is 26.5. The van der Waals surface area contributed by atoms with E-state index in [4.69, 9.17) is 0 Å². The minimum absolute atomic E-state index is 0.159. The van der Waals surface area contributed by atoms with Gasteiger partial charge in [-0.15, -0.1) is 0 Å². The zero-order valence-electron chi connectivity index (χ0n) is 13.2. The molecule has 1 rings (SSSR count). The van der Waals surface area contributed by atoms with Gasteiger partial charge in [0.15, 0.2) is 0 Å². The molecule has 120 valence electrons. The second kappa shape index (κ2) is 8.89. The first-order valence-electron chi connectivity index (χ1n) is 7.52. The van der Waals surface area contributed by atoms with Crippen molar-refractivity contribution in [1.29, 1.82) is 0 Å². The maximum Gasteiger partial charge on any atom is 0.232 e. The fourth-order valence-corrected chi connectivity index (χ4v) is 3.33. The number of hydrogen-bond acceptors (Lipinski definition) is 4. The topological polar surface area (TPSA) is 61.4 Å². The summed E-state index contributed by atoms with van der Waals surface area (Å²) in [6, 6.07) is 7.54. The summed E-state index contributed by atoms with van der Waals surface area (Å²) in [6.07, 6.45) is 1.52. The van der Waals surface area contributed by atoms with E-state index in [0.29, 0.717) is 12.1 Å². The van der Waals surface area contributed by atoms with Gasteiger partial charge in [-0.05, 0) is 64.5 Å². The fourth-order valence-electron chi connectivity index (χ4n) is 2.15. The van der Waals surface area contributed by atoms with Crippen molar-refractivity contribution in [2.75, 3.05) is 42.1 Å². The number of rotatable bonds is 10. The van der Waals surface area contributed by atoms with Crippen LogP contribution in [0.5, 0.6) is 0 Å². The van der Waals surface area contributed by atoms with Crippen LogP contribution in [0.3, 0.4) is 0 Å². The molecule has 0 bridgehead atoms.